The molecule has 1 atom stereocenters. The van der Waals surface area contributed by atoms with Gasteiger partial charge in [-0.25, -0.2) is 4.98 Å². The molecular weight excluding hydrogens is 362 g/mol. The zero-order chi connectivity index (χ0) is 19.4. The molecule has 0 saturated heterocycles. The van der Waals surface area contributed by atoms with E-state index >= 15 is 0 Å². The number of aryl methyl sites for hydroxylation is 2. The van der Waals surface area contributed by atoms with Gasteiger partial charge in [0, 0.05) is 24.6 Å². The maximum absolute atomic E-state index is 12.6. The van der Waals surface area contributed by atoms with Crippen molar-refractivity contribution in [2.24, 2.45) is 5.92 Å². The molecule has 0 spiro atoms. The molecule has 1 aliphatic rings. The van der Waals surface area contributed by atoms with Gasteiger partial charge in [-0.2, -0.15) is 0 Å². The molecule has 0 aromatic carbocycles. The second kappa shape index (κ2) is 9.10. The Kier molecular flexibility index (Phi) is 6.81. The van der Waals surface area contributed by atoms with E-state index in [9.17, 15) is 9.90 Å². The van der Waals surface area contributed by atoms with Gasteiger partial charge in [-0.1, -0.05) is 19.9 Å². The van der Waals surface area contributed by atoms with Crippen LogP contribution in [0.5, 0.6) is 0 Å². The number of rotatable bonds is 10. The number of ether oxygens (including phenoxy) is 1. The monoisotopic (exact) mass is 391 g/mol. The molecule has 0 fully saturated rings. The second-order valence-electron chi connectivity index (χ2n) is 7.62. The molecule has 0 aliphatic heterocycles. The van der Waals surface area contributed by atoms with Crippen molar-refractivity contribution in [2.45, 2.75) is 45.8 Å². The third-order valence-corrected chi connectivity index (χ3v) is 5.80. The molecule has 2 heterocycles. The minimum absolute atomic E-state index is 0.0474. The summed E-state index contributed by atoms with van der Waals surface area (Å²) in [7, 11) is 0. The number of aromatic nitrogens is 2. The van der Waals surface area contributed by atoms with E-state index in [1.54, 1.807) is 17.4 Å². The fraction of sp³-hybridized carbons (Fsp3) is 0.600. The second-order valence-corrected chi connectivity index (χ2v) is 8.70. The fourth-order valence-corrected chi connectivity index (χ4v) is 4.79. The molecule has 0 bridgehead atoms. The summed E-state index contributed by atoms with van der Waals surface area (Å²) in [6, 6.07) is 0. The summed E-state index contributed by atoms with van der Waals surface area (Å²) in [5, 5.41) is 11.0. The quantitative estimate of drug-likeness (QED) is 0.609. The molecule has 2 aromatic rings. The van der Waals surface area contributed by atoms with Crippen molar-refractivity contribution < 1.29 is 9.84 Å². The number of aromatic amines is 1. The molecule has 2 N–H and O–H groups in total. The van der Waals surface area contributed by atoms with Gasteiger partial charge in [-0.05, 0) is 30.7 Å². The van der Waals surface area contributed by atoms with Gasteiger partial charge in [0.2, 0.25) is 0 Å². The maximum Gasteiger partial charge on any atom is 0.259 e. The minimum Gasteiger partial charge on any atom is -0.389 e. The molecule has 1 aliphatic carbocycles. The van der Waals surface area contributed by atoms with Gasteiger partial charge in [0.25, 0.3) is 5.56 Å². The minimum atomic E-state index is -0.593. The van der Waals surface area contributed by atoms with Crippen LogP contribution < -0.4 is 5.56 Å². The summed E-state index contributed by atoms with van der Waals surface area (Å²) in [5.74, 6) is 1.07. The summed E-state index contributed by atoms with van der Waals surface area (Å²) in [6.45, 7) is 10.4. The molecular formula is C20H29N3O3S. The summed E-state index contributed by atoms with van der Waals surface area (Å²) >= 11 is 1.64. The average Bonchev–Trinajstić information content (AvgIpc) is 3.14. The molecule has 3 rings (SSSR count). The van der Waals surface area contributed by atoms with E-state index in [0.717, 1.165) is 29.5 Å². The lowest BCUT2D eigenvalue weighted by Gasteiger charge is -2.23. The molecule has 2 aromatic heterocycles. The van der Waals surface area contributed by atoms with E-state index in [0.29, 0.717) is 44.6 Å². The van der Waals surface area contributed by atoms with Crippen molar-refractivity contribution in [3.63, 3.8) is 0 Å². The molecule has 1 unspecified atom stereocenters. The Labute approximate surface area is 163 Å². The van der Waals surface area contributed by atoms with E-state index in [-0.39, 0.29) is 5.56 Å². The zero-order valence-electron chi connectivity index (χ0n) is 16.2. The Bertz CT molecular complexity index is 843. The number of H-pyrrole nitrogens is 1. The zero-order valence-corrected chi connectivity index (χ0v) is 17.0. The van der Waals surface area contributed by atoms with Gasteiger partial charge in [0.1, 0.15) is 10.7 Å². The van der Waals surface area contributed by atoms with Crippen LogP contribution in [0.3, 0.4) is 0 Å². The number of thiophene rings is 1. The van der Waals surface area contributed by atoms with Crippen LogP contribution in [-0.4, -0.2) is 52.4 Å². The predicted octanol–water partition coefficient (Wildman–Crippen LogP) is 2.49. The highest BCUT2D eigenvalue weighted by atomic mass is 32.1. The molecule has 0 amide bonds. The number of nitrogens with zero attached hydrogens (tertiary/aromatic N) is 2. The van der Waals surface area contributed by atoms with Crippen molar-refractivity contribution in [1.82, 2.24) is 14.9 Å². The Morgan fingerprint density at radius 3 is 2.96 bits per heavy atom. The van der Waals surface area contributed by atoms with Crippen LogP contribution in [0.15, 0.2) is 17.4 Å². The molecule has 0 saturated carbocycles. The lowest BCUT2D eigenvalue weighted by molar-refractivity contribution is 0.00837. The first kappa shape index (κ1) is 20.2. The molecule has 0 radical (unpaired) electrons. The van der Waals surface area contributed by atoms with E-state index in [1.165, 1.54) is 10.4 Å². The van der Waals surface area contributed by atoms with Crippen molar-refractivity contribution >= 4 is 21.6 Å². The Morgan fingerprint density at radius 1 is 1.41 bits per heavy atom. The van der Waals surface area contributed by atoms with Gasteiger partial charge in [-0.3, -0.25) is 9.69 Å². The Balaban J connectivity index is 1.69. The highest BCUT2D eigenvalue weighted by molar-refractivity contribution is 7.18. The van der Waals surface area contributed by atoms with Gasteiger partial charge < -0.3 is 14.8 Å². The van der Waals surface area contributed by atoms with Crippen LogP contribution in [0.25, 0.3) is 10.2 Å². The van der Waals surface area contributed by atoms with Crippen molar-refractivity contribution in [3.05, 3.63) is 39.3 Å². The predicted molar refractivity (Wildman–Crippen MR) is 109 cm³/mol. The first-order valence-electron chi connectivity index (χ1n) is 9.60. The van der Waals surface area contributed by atoms with Crippen LogP contribution in [0.2, 0.25) is 0 Å². The summed E-state index contributed by atoms with van der Waals surface area (Å²) in [5.41, 5.74) is 1.14. The fourth-order valence-electron chi connectivity index (χ4n) is 3.51. The topological polar surface area (TPSA) is 78.5 Å². The van der Waals surface area contributed by atoms with E-state index in [4.69, 9.17) is 4.74 Å². The molecule has 6 nitrogen and oxygen atoms in total. The number of aliphatic hydroxyl groups excluding tert-OH is 1. The van der Waals surface area contributed by atoms with Gasteiger partial charge >= 0.3 is 0 Å². The van der Waals surface area contributed by atoms with Gasteiger partial charge in [0.05, 0.1) is 24.6 Å². The Hall–Kier alpha value is -1.54. The summed E-state index contributed by atoms with van der Waals surface area (Å²) in [4.78, 5) is 24.4. The van der Waals surface area contributed by atoms with E-state index in [2.05, 4.69) is 30.4 Å². The third kappa shape index (κ3) is 5.04. The largest absolute Gasteiger partial charge is 0.389 e. The molecule has 148 valence electrons. The number of fused-ring (bicyclic) bond motifs is 3. The smallest absolute Gasteiger partial charge is 0.259 e. The average molecular weight is 392 g/mol. The van der Waals surface area contributed by atoms with E-state index < -0.39 is 6.10 Å². The lowest BCUT2D eigenvalue weighted by Crippen LogP contribution is -2.35. The highest BCUT2D eigenvalue weighted by Crippen LogP contribution is 2.34. The van der Waals surface area contributed by atoms with Crippen LogP contribution in [0.1, 0.15) is 36.5 Å². The number of hydrogen-bond donors (Lipinski definition) is 2. The normalized spacial score (nSPS) is 15.0. The highest BCUT2D eigenvalue weighted by Gasteiger charge is 2.21. The van der Waals surface area contributed by atoms with Crippen LogP contribution in [-0.2, 0) is 24.1 Å². The summed E-state index contributed by atoms with van der Waals surface area (Å²) in [6.07, 6.45) is 4.35. The third-order valence-electron chi connectivity index (χ3n) is 4.62. The first-order valence-corrected chi connectivity index (χ1v) is 10.4. The summed E-state index contributed by atoms with van der Waals surface area (Å²) < 4.78 is 5.52. The van der Waals surface area contributed by atoms with E-state index in [1.807, 2.05) is 4.90 Å². The van der Waals surface area contributed by atoms with Crippen LogP contribution >= 0.6 is 11.3 Å². The van der Waals surface area contributed by atoms with Crippen molar-refractivity contribution in [3.8, 4) is 0 Å². The Morgan fingerprint density at radius 2 is 2.22 bits per heavy atom. The maximum atomic E-state index is 12.6. The van der Waals surface area contributed by atoms with Gasteiger partial charge in [-0.15, -0.1) is 17.9 Å². The van der Waals surface area contributed by atoms with Crippen LogP contribution in [0, 0.1) is 5.92 Å². The molecule has 7 heteroatoms. The lowest BCUT2D eigenvalue weighted by atomic mass is 10.2. The van der Waals surface area contributed by atoms with Crippen LogP contribution in [0.4, 0.5) is 0 Å². The number of hydrogen-bond acceptors (Lipinski definition) is 6. The standard InChI is InChI=1S/C20H29N3O3S/c1-4-8-23(9-14(24)12-26-11-13(2)3)10-17-21-19(25)18-15-6-5-7-16(15)27-20(18)22-17/h4,13-14,24H,1,5-12H2,2-3H3,(H,21,22,25). The number of nitrogens with one attached hydrogen (secondary N) is 1. The van der Waals surface area contributed by atoms with Crippen molar-refractivity contribution in [2.75, 3.05) is 26.3 Å². The van der Waals surface area contributed by atoms with Crippen molar-refractivity contribution in [1.29, 1.82) is 0 Å². The molecule has 27 heavy (non-hydrogen) atoms. The number of aliphatic hydroxyl groups is 1. The first-order chi connectivity index (χ1) is 13.0. The SMILES string of the molecule is C=CCN(Cc1nc2sc3c(c2c(=O)[nH]1)CCC3)CC(O)COCC(C)C. The van der Waals surface area contributed by atoms with Gasteiger partial charge in [0.15, 0.2) is 0 Å².